The van der Waals surface area contributed by atoms with Crippen LogP contribution in [0.15, 0.2) is 27.4 Å². The van der Waals surface area contributed by atoms with Crippen molar-refractivity contribution in [1.82, 2.24) is 9.36 Å². The summed E-state index contributed by atoms with van der Waals surface area (Å²) in [5.41, 5.74) is 0.317. The molecular formula is C10H6FN3S2. The van der Waals surface area contributed by atoms with Crippen molar-refractivity contribution in [2.45, 2.75) is 16.2 Å². The van der Waals surface area contributed by atoms with Crippen molar-refractivity contribution in [3.8, 4) is 6.07 Å². The minimum atomic E-state index is -0.408. The van der Waals surface area contributed by atoms with Gasteiger partial charge in [0.25, 0.3) is 0 Å². The SMILES string of the molecule is Cc1nsc(Sc2ccc(F)cc2C#N)n1. The molecule has 0 aliphatic rings. The predicted molar refractivity (Wildman–Crippen MR) is 59.9 cm³/mol. The quantitative estimate of drug-likeness (QED) is 0.823. The van der Waals surface area contributed by atoms with Gasteiger partial charge >= 0.3 is 0 Å². The third-order valence-corrected chi connectivity index (χ3v) is 3.69. The lowest BCUT2D eigenvalue weighted by atomic mass is 10.2. The minimum absolute atomic E-state index is 0.317. The Morgan fingerprint density at radius 3 is 2.94 bits per heavy atom. The summed E-state index contributed by atoms with van der Waals surface area (Å²) in [5.74, 6) is 0.294. The third kappa shape index (κ3) is 2.38. The van der Waals surface area contributed by atoms with Crippen LogP contribution in [0.3, 0.4) is 0 Å². The number of aromatic nitrogens is 2. The van der Waals surface area contributed by atoms with E-state index >= 15 is 0 Å². The summed E-state index contributed by atoms with van der Waals surface area (Å²) >= 11 is 2.59. The Morgan fingerprint density at radius 1 is 1.50 bits per heavy atom. The molecule has 0 radical (unpaired) electrons. The number of rotatable bonds is 2. The molecule has 0 atom stereocenters. The van der Waals surface area contributed by atoms with Crippen LogP contribution in [0.25, 0.3) is 0 Å². The van der Waals surface area contributed by atoms with E-state index in [1.807, 2.05) is 6.07 Å². The van der Waals surface area contributed by atoms with Gasteiger partial charge in [0, 0.05) is 4.90 Å². The van der Waals surface area contributed by atoms with Crippen LogP contribution in [0.5, 0.6) is 0 Å². The predicted octanol–water partition coefficient (Wildman–Crippen LogP) is 3.01. The summed E-state index contributed by atoms with van der Waals surface area (Å²) in [6.07, 6.45) is 0. The van der Waals surface area contributed by atoms with Gasteiger partial charge in [-0.05, 0) is 36.7 Å². The molecule has 0 bridgehead atoms. The zero-order chi connectivity index (χ0) is 11.5. The summed E-state index contributed by atoms with van der Waals surface area (Å²) in [5, 5.41) is 8.86. The van der Waals surface area contributed by atoms with Gasteiger partial charge in [0.05, 0.1) is 5.56 Å². The van der Waals surface area contributed by atoms with Gasteiger partial charge in [-0.3, -0.25) is 0 Å². The lowest BCUT2D eigenvalue weighted by Crippen LogP contribution is -1.83. The average Bonchev–Trinajstić information content (AvgIpc) is 2.67. The van der Waals surface area contributed by atoms with E-state index in [0.29, 0.717) is 16.3 Å². The van der Waals surface area contributed by atoms with Gasteiger partial charge < -0.3 is 0 Å². The fourth-order valence-corrected chi connectivity index (χ4v) is 2.76. The Kier molecular flexibility index (Phi) is 3.17. The Balaban J connectivity index is 2.31. The fraction of sp³-hybridized carbons (Fsp3) is 0.100. The Hall–Kier alpha value is -1.45. The van der Waals surface area contributed by atoms with Crippen LogP contribution in [-0.2, 0) is 0 Å². The van der Waals surface area contributed by atoms with E-state index in [1.54, 1.807) is 13.0 Å². The lowest BCUT2D eigenvalue weighted by Gasteiger charge is -1.99. The smallest absolute Gasteiger partial charge is 0.174 e. The second-order valence-electron chi connectivity index (χ2n) is 2.96. The van der Waals surface area contributed by atoms with E-state index < -0.39 is 5.82 Å². The Morgan fingerprint density at radius 2 is 2.31 bits per heavy atom. The third-order valence-electron chi connectivity index (χ3n) is 1.77. The molecule has 0 spiro atoms. The second-order valence-corrected chi connectivity index (χ2v) is 5.00. The summed E-state index contributed by atoms with van der Waals surface area (Å²) in [4.78, 5) is 4.87. The van der Waals surface area contributed by atoms with Crippen molar-refractivity contribution in [2.24, 2.45) is 0 Å². The molecule has 16 heavy (non-hydrogen) atoms. The molecule has 0 saturated heterocycles. The van der Waals surface area contributed by atoms with Crippen LogP contribution in [-0.4, -0.2) is 9.36 Å². The number of aryl methyl sites for hydroxylation is 1. The first-order chi connectivity index (χ1) is 7.69. The molecule has 3 nitrogen and oxygen atoms in total. The molecule has 0 N–H and O–H groups in total. The van der Waals surface area contributed by atoms with Crippen molar-refractivity contribution in [2.75, 3.05) is 0 Å². The van der Waals surface area contributed by atoms with Crippen molar-refractivity contribution >= 4 is 23.3 Å². The van der Waals surface area contributed by atoms with E-state index in [1.165, 1.54) is 35.4 Å². The van der Waals surface area contributed by atoms with Crippen LogP contribution < -0.4 is 0 Å². The van der Waals surface area contributed by atoms with Crippen molar-refractivity contribution in [3.05, 3.63) is 35.4 Å². The molecule has 0 aliphatic carbocycles. The first-order valence-corrected chi connectivity index (χ1v) is 5.96. The zero-order valence-corrected chi connectivity index (χ0v) is 9.90. The summed E-state index contributed by atoms with van der Waals surface area (Å²) in [7, 11) is 0. The maximum absolute atomic E-state index is 12.9. The maximum Gasteiger partial charge on any atom is 0.174 e. The normalized spacial score (nSPS) is 10.1. The second kappa shape index (κ2) is 4.60. The molecule has 2 aromatic rings. The van der Waals surface area contributed by atoms with Crippen molar-refractivity contribution in [3.63, 3.8) is 0 Å². The molecule has 1 aromatic heterocycles. The Labute approximate surface area is 100 Å². The molecule has 0 unspecified atom stereocenters. The number of hydrogen-bond donors (Lipinski definition) is 0. The first-order valence-electron chi connectivity index (χ1n) is 4.37. The van der Waals surface area contributed by atoms with Crippen LogP contribution in [0.1, 0.15) is 11.4 Å². The van der Waals surface area contributed by atoms with E-state index in [9.17, 15) is 4.39 Å². The van der Waals surface area contributed by atoms with Gasteiger partial charge in [0.2, 0.25) is 0 Å². The van der Waals surface area contributed by atoms with Crippen LogP contribution in [0.4, 0.5) is 4.39 Å². The monoisotopic (exact) mass is 251 g/mol. The summed E-state index contributed by atoms with van der Waals surface area (Å²) in [6.45, 7) is 1.80. The highest BCUT2D eigenvalue weighted by molar-refractivity contribution is 8.01. The Bertz CT molecular complexity index is 559. The first kappa shape index (κ1) is 11.0. The van der Waals surface area contributed by atoms with Gasteiger partial charge in [-0.15, -0.1) is 0 Å². The van der Waals surface area contributed by atoms with E-state index in [2.05, 4.69) is 9.36 Å². The topological polar surface area (TPSA) is 49.6 Å². The van der Waals surface area contributed by atoms with Gasteiger partial charge in [-0.25, -0.2) is 9.37 Å². The van der Waals surface area contributed by atoms with E-state index in [0.717, 1.165) is 4.34 Å². The number of hydrogen-bond acceptors (Lipinski definition) is 5. The van der Waals surface area contributed by atoms with Gasteiger partial charge in [0.15, 0.2) is 4.34 Å². The molecule has 0 aliphatic heterocycles. The maximum atomic E-state index is 12.9. The molecule has 0 saturated carbocycles. The van der Waals surface area contributed by atoms with E-state index in [-0.39, 0.29) is 0 Å². The number of nitrogens with zero attached hydrogens (tertiary/aromatic N) is 3. The molecule has 1 aromatic carbocycles. The van der Waals surface area contributed by atoms with Gasteiger partial charge in [0.1, 0.15) is 17.7 Å². The molecule has 6 heteroatoms. The molecular weight excluding hydrogens is 245 g/mol. The average molecular weight is 251 g/mol. The fourth-order valence-electron chi connectivity index (χ4n) is 1.09. The van der Waals surface area contributed by atoms with Crippen LogP contribution >= 0.6 is 23.3 Å². The number of halogens is 1. The largest absolute Gasteiger partial charge is 0.213 e. The molecule has 1 heterocycles. The summed E-state index contributed by atoms with van der Waals surface area (Å²) < 4.78 is 17.7. The van der Waals surface area contributed by atoms with Gasteiger partial charge in [-0.2, -0.15) is 9.64 Å². The zero-order valence-electron chi connectivity index (χ0n) is 8.27. The number of benzene rings is 1. The van der Waals surface area contributed by atoms with Crippen molar-refractivity contribution in [1.29, 1.82) is 5.26 Å². The highest BCUT2D eigenvalue weighted by Crippen LogP contribution is 2.31. The highest BCUT2D eigenvalue weighted by Gasteiger charge is 2.08. The van der Waals surface area contributed by atoms with Crippen LogP contribution in [0.2, 0.25) is 0 Å². The van der Waals surface area contributed by atoms with Gasteiger partial charge in [-0.1, -0.05) is 11.8 Å². The highest BCUT2D eigenvalue weighted by atomic mass is 32.2. The summed E-state index contributed by atoms with van der Waals surface area (Å²) in [6, 6.07) is 6.09. The minimum Gasteiger partial charge on any atom is -0.213 e. The van der Waals surface area contributed by atoms with Crippen LogP contribution in [0, 0.1) is 24.1 Å². The molecule has 0 amide bonds. The molecule has 2 rings (SSSR count). The van der Waals surface area contributed by atoms with E-state index in [4.69, 9.17) is 5.26 Å². The number of nitriles is 1. The molecule has 80 valence electrons. The lowest BCUT2D eigenvalue weighted by molar-refractivity contribution is 0.626. The standard InChI is InChI=1S/C10H6FN3S2/c1-6-13-10(16-14-6)15-9-3-2-8(11)4-7(9)5-12/h2-4H,1H3. The van der Waals surface area contributed by atoms with Crippen molar-refractivity contribution < 1.29 is 4.39 Å². The molecule has 0 fully saturated rings.